The molecule has 1 N–H and O–H groups in total. The number of nitro benzene ring substituents is 1. The molecule has 0 bridgehead atoms. The van der Waals surface area contributed by atoms with Crippen LogP contribution < -0.4 is 19.7 Å². The number of carbonyl (C=O) groups is 1. The molecule has 12 heteroatoms. The summed E-state index contributed by atoms with van der Waals surface area (Å²) >= 11 is 0. The quantitative estimate of drug-likeness (QED) is 0.481. The molecule has 0 unspecified atom stereocenters. The number of morpholine rings is 1. The molecule has 3 rings (SSSR count). The number of carbonyl (C=O) groups excluding carboxylic acids is 1. The van der Waals surface area contributed by atoms with E-state index in [1.807, 2.05) is 0 Å². The van der Waals surface area contributed by atoms with Gasteiger partial charge in [0.05, 0.1) is 54.9 Å². The Labute approximate surface area is 187 Å². The molecule has 0 aliphatic carbocycles. The maximum atomic E-state index is 13.3. The van der Waals surface area contributed by atoms with Crippen molar-refractivity contribution in [1.82, 2.24) is 0 Å². The van der Waals surface area contributed by atoms with Crippen LogP contribution in [-0.2, 0) is 10.9 Å². The second-order valence-corrected chi connectivity index (χ2v) is 6.99. The van der Waals surface area contributed by atoms with Gasteiger partial charge in [-0.3, -0.25) is 14.9 Å². The van der Waals surface area contributed by atoms with Crippen molar-refractivity contribution in [3.05, 3.63) is 51.6 Å². The minimum Gasteiger partial charge on any atom is -0.493 e. The van der Waals surface area contributed by atoms with Gasteiger partial charge in [-0.25, -0.2) is 0 Å². The molecule has 1 saturated heterocycles. The second-order valence-electron chi connectivity index (χ2n) is 6.99. The van der Waals surface area contributed by atoms with Crippen molar-refractivity contribution >= 4 is 23.0 Å². The summed E-state index contributed by atoms with van der Waals surface area (Å²) in [6, 6.07) is 5.16. The van der Waals surface area contributed by atoms with Gasteiger partial charge in [0, 0.05) is 19.2 Å². The molecule has 0 saturated carbocycles. The molecule has 2 aromatic rings. The van der Waals surface area contributed by atoms with Crippen LogP contribution in [0.25, 0.3) is 0 Å². The zero-order chi connectivity index (χ0) is 24.2. The Balaban J connectivity index is 2.04. The van der Waals surface area contributed by atoms with E-state index in [2.05, 4.69) is 5.32 Å². The number of anilines is 2. The molecule has 9 nitrogen and oxygen atoms in total. The van der Waals surface area contributed by atoms with E-state index in [1.165, 1.54) is 13.2 Å². The highest BCUT2D eigenvalue weighted by Crippen LogP contribution is 2.38. The lowest BCUT2D eigenvalue weighted by molar-refractivity contribution is -0.385. The van der Waals surface area contributed by atoms with Crippen molar-refractivity contribution < 1.29 is 37.1 Å². The number of methoxy groups -OCH3 is 1. The summed E-state index contributed by atoms with van der Waals surface area (Å²) in [4.78, 5) is 25.6. The minimum atomic E-state index is -4.64. The van der Waals surface area contributed by atoms with Crippen LogP contribution in [0.3, 0.4) is 0 Å². The third-order valence-electron chi connectivity index (χ3n) is 4.95. The fourth-order valence-electron chi connectivity index (χ4n) is 3.39. The van der Waals surface area contributed by atoms with Gasteiger partial charge in [-0.1, -0.05) is 0 Å². The van der Waals surface area contributed by atoms with E-state index in [4.69, 9.17) is 14.2 Å². The summed E-state index contributed by atoms with van der Waals surface area (Å²) in [6.07, 6.45) is -4.64. The molecule has 1 amide bonds. The van der Waals surface area contributed by atoms with Crippen LogP contribution in [0.15, 0.2) is 30.3 Å². The number of hydrogen-bond acceptors (Lipinski definition) is 7. The van der Waals surface area contributed by atoms with Gasteiger partial charge in [-0.15, -0.1) is 0 Å². The summed E-state index contributed by atoms with van der Waals surface area (Å²) in [6.45, 7) is 3.43. The fourth-order valence-corrected chi connectivity index (χ4v) is 3.39. The molecule has 1 aliphatic rings. The van der Waals surface area contributed by atoms with E-state index < -0.39 is 28.3 Å². The summed E-state index contributed by atoms with van der Waals surface area (Å²) < 4.78 is 55.7. The lowest BCUT2D eigenvalue weighted by Gasteiger charge is -2.31. The normalized spacial score (nSPS) is 14.0. The first-order valence-corrected chi connectivity index (χ1v) is 10.00. The van der Waals surface area contributed by atoms with Crippen molar-refractivity contribution in [3.63, 3.8) is 0 Å². The highest BCUT2D eigenvalue weighted by molar-refractivity contribution is 6.09. The van der Waals surface area contributed by atoms with Crippen LogP contribution in [0.1, 0.15) is 22.8 Å². The average Bonchev–Trinajstić information content (AvgIpc) is 2.78. The Kier molecular flexibility index (Phi) is 7.26. The van der Waals surface area contributed by atoms with Crippen molar-refractivity contribution in [2.45, 2.75) is 13.1 Å². The third kappa shape index (κ3) is 5.45. The molecule has 2 aromatic carbocycles. The number of hydrogen-bond donors (Lipinski definition) is 1. The van der Waals surface area contributed by atoms with E-state index in [0.717, 1.165) is 24.3 Å². The van der Waals surface area contributed by atoms with Crippen LogP contribution in [0.2, 0.25) is 0 Å². The molecular formula is C21H22F3N3O6. The largest absolute Gasteiger partial charge is 0.493 e. The summed E-state index contributed by atoms with van der Waals surface area (Å²) in [7, 11) is 1.30. The first-order chi connectivity index (χ1) is 15.7. The van der Waals surface area contributed by atoms with Gasteiger partial charge in [0.25, 0.3) is 11.6 Å². The van der Waals surface area contributed by atoms with Gasteiger partial charge in [0.2, 0.25) is 0 Å². The molecule has 0 radical (unpaired) electrons. The number of nitrogens with one attached hydrogen (secondary N) is 1. The van der Waals surface area contributed by atoms with Gasteiger partial charge in [0.15, 0.2) is 11.5 Å². The van der Waals surface area contributed by atoms with Crippen molar-refractivity contribution in [3.8, 4) is 11.5 Å². The van der Waals surface area contributed by atoms with Gasteiger partial charge < -0.3 is 24.4 Å². The van der Waals surface area contributed by atoms with E-state index in [0.29, 0.717) is 32.0 Å². The van der Waals surface area contributed by atoms with Gasteiger partial charge in [0.1, 0.15) is 5.56 Å². The number of benzene rings is 2. The van der Waals surface area contributed by atoms with Gasteiger partial charge in [-0.2, -0.15) is 13.2 Å². The number of ether oxygens (including phenoxy) is 3. The van der Waals surface area contributed by atoms with Crippen molar-refractivity contribution in [2.24, 2.45) is 0 Å². The predicted molar refractivity (Wildman–Crippen MR) is 113 cm³/mol. The van der Waals surface area contributed by atoms with E-state index >= 15 is 0 Å². The molecule has 1 fully saturated rings. The maximum absolute atomic E-state index is 13.3. The summed E-state index contributed by atoms with van der Waals surface area (Å²) in [5.74, 6) is -0.821. The molecule has 0 aromatic heterocycles. The van der Waals surface area contributed by atoms with Crippen molar-refractivity contribution in [1.29, 1.82) is 0 Å². The third-order valence-corrected chi connectivity index (χ3v) is 4.95. The van der Waals surface area contributed by atoms with Crippen LogP contribution in [0.5, 0.6) is 11.5 Å². The SMILES string of the molecule is CCOc1cc([N+](=O)[O-])c(C(=O)Nc2cc(C(F)(F)F)ccc2N2CCOCC2)cc1OC. The van der Waals surface area contributed by atoms with Crippen LogP contribution in [-0.4, -0.2) is 50.9 Å². The predicted octanol–water partition coefficient (Wildman–Crippen LogP) is 4.11. The molecule has 0 spiro atoms. The lowest BCUT2D eigenvalue weighted by atomic mass is 10.1. The smallest absolute Gasteiger partial charge is 0.416 e. The monoisotopic (exact) mass is 469 g/mol. The molecule has 1 aliphatic heterocycles. The minimum absolute atomic E-state index is 0.0660. The first kappa shape index (κ1) is 24.1. The molecule has 33 heavy (non-hydrogen) atoms. The molecule has 178 valence electrons. The molecular weight excluding hydrogens is 447 g/mol. The van der Waals surface area contributed by atoms with Crippen molar-refractivity contribution in [2.75, 3.05) is 50.2 Å². The van der Waals surface area contributed by atoms with Crippen LogP contribution >= 0.6 is 0 Å². The lowest BCUT2D eigenvalue weighted by Crippen LogP contribution is -2.36. The Morgan fingerprint density at radius 1 is 1.21 bits per heavy atom. The highest BCUT2D eigenvalue weighted by Gasteiger charge is 2.32. The second kappa shape index (κ2) is 9.94. The Hall–Kier alpha value is -3.54. The highest BCUT2D eigenvalue weighted by atomic mass is 19.4. The zero-order valence-corrected chi connectivity index (χ0v) is 17.9. The number of alkyl halides is 3. The summed E-state index contributed by atoms with van der Waals surface area (Å²) in [5.41, 5.74) is -1.70. The maximum Gasteiger partial charge on any atom is 0.416 e. The Bertz CT molecular complexity index is 1040. The van der Waals surface area contributed by atoms with Gasteiger partial charge in [-0.05, 0) is 25.1 Å². The zero-order valence-electron chi connectivity index (χ0n) is 17.9. The Morgan fingerprint density at radius 2 is 1.91 bits per heavy atom. The number of amides is 1. The number of rotatable bonds is 7. The van der Waals surface area contributed by atoms with Crippen LogP contribution in [0, 0.1) is 10.1 Å². The van der Waals surface area contributed by atoms with E-state index in [1.54, 1.807) is 11.8 Å². The first-order valence-electron chi connectivity index (χ1n) is 10.00. The van der Waals surface area contributed by atoms with Gasteiger partial charge >= 0.3 is 6.18 Å². The van der Waals surface area contributed by atoms with Crippen LogP contribution in [0.4, 0.5) is 30.2 Å². The Morgan fingerprint density at radius 3 is 2.48 bits per heavy atom. The molecule has 1 heterocycles. The van der Waals surface area contributed by atoms with E-state index in [9.17, 15) is 28.1 Å². The molecule has 0 atom stereocenters. The fraction of sp³-hybridized carbons (Fsp3) is 0.381. The average molecular weight is 469 g/mol. The number of nitro groups is 1. The number of nitrogens with zero attached hydrogens (tertiary/aromatic N) is 2. The number of halogens is 3. The topological polar surface area (TPSA) is 103 Å². The van der Waals surface area contributed by atoms with E-state index in [-0.39, 0.29) is 29.4 Å². The summed E-state index contributed by atoms with van der Waals surface area (Å²) in [5, 5.41) is 14.0. The standard InChI is InChI=1S/C21H22F3N3O6/c1-3-33-19-12-17(27(29)30)14(11-18(19)31-2)20(28)25-15-10-13(21(22,23)24)4-5-16(15)26-6-8-32-9-7-26/h4-5,10-12H,3,6-9H2,1-2H3,(H,25,28).